The van der Waals surface area contributed by atoms with E-state index in [0.29, 0.717) is 23.5 Å². The first kappa shape index (κ1) is 22.9. The van der Waals surface area contributed by atoms with E-state index in [4.69, 9.17) is 10.5 Å². The highest BCUT2D eigenvalue weighted by molar-refractivity contribution is 6.05. The molecule has 2 aliphatic rings. The van der Waals surface area contributed by atoms with Crippen LogP contribution in [0.2, 0.25) is 0 Å². The van der Waals surface area contributed by atoms with Gasteiger partial charge in [-0.1, -0.05) is 12.1 Å². The van der Waals surface area contributed by atoms with E-state index in [2.05, 4.69) is 15.2 Å². The second-order valence-corrected chi connectivity index (χ2v) is 10.1. The molecule has 2 amide bonds. The predicted octanol–water partition coefficient (Wildman–Crippen LogP) is 4.14. The van der Waals surface area contributed by atoms with Crippen molar-refractivity contribution in [3.8, 4) is 0 Å². The first-order valence-electron chi connectivity index (χ1n) is 11.5. The van der Waals surface area contributed by atoms with Crippen LogP contribution in [0.25, 0.3) is 0 Å². The van der Waals surface area contributed by atoms with Gasteiger partial charge in [0.1, 0.15) is 11.4 Å². The largest absolute Gasteiger partial charge is 0.444 e. The number of benzene rings is 1. The van der Waals surface area contributed by atoms with Crippen LogP contribution in [-0.4, -0.2) is 53.7 Å². The van der Waals surface area contributed by atoms with Crippen LogP contribution in [0.1, 0.15) is 50.4 Å². The van der Waals surface area contributed by atoms with E-state index in [9.17, 15) is 9.59 Å². The molecule has 0 saturated carbocycles. The van der Waals surface area contributed by atoms with Crippen molar-refractivity contribution in [1.29, 1.82) is 0 Å². The van der Waals surface area contributed by atoms with Gasteiger partial charge in [0, 0.05) is 37.8 Å². The lowest BCUT2D eigenvalue weighted by Crippen LogP contribution is -2.48. The van der Waals surface area contributed by atoms with Gasteiger partial charge < -0.3 is 25.6 Å². The number of carbonyl (C=O) groups excluding carboxylic acids is 2. The zero-order chi connectivity index (χ0) is 23.6. The van der Waals surface area contributed by atoms with Gasteiger partial charge in [0.15, 0.2) is 0 Å². The van der Waals surface area contributed by atoms with Crippen LogP contribution >= 0.6 is 0 Å². The molecule has 33 heavy (non-hydrogen) atoms. The first-order chi connectivity index (χ1) is 15.6. The predicted molar refractivity (Wildman–Crippen MR) is 129 cm³/mol. The zero-order valence-corrected chi connectivity index (χ0v) is 19.6. The van der Waals surface area contributed by atoms with E-state index in [1.807, 2.05) is 43.9 Å². The molecule has 1 aromatic carbocycles. The minimum atomic E-state index is -0.492. The van der Waals surface area contributed by atoms with Gasteiger partial charge in [-0.15, -0.1) is 0 Å². The van der Waals surface area contributed by atoms with Crippen LogP contribution in [0, 0.1) is 5.41 Å². The number of anilines is 3. The van der Waals surface area contributed by atoms with Crippen molar-refractivity contribution < 1.29 is 14.3 Å². The van der Waals surface area contributed by atoms with Crippen molar-refractivity contribution in [1.82, 2.24) is 9.88 Å². The monoisotopic (exact) mass is 451 g/mol. The minimum Gasteiger partial charge on any atom is -0.444 e. The van der Waals surface area contributed by atoms with Gasteiger partial charge in [0.25, 0.3) is 5.91 Å². The fraction of sp³-hybridized carbons (Fsp3) is 0.480. The lowest BCUT2D eigenvalue weighted by atomic mass is 9.79. The van der Waals surface area contributed by atoms with Gasteiger partial charge in [-0.05, 0) is 64.3 Å². The van der Waals surface area contributed by atoms with Crippen LogP contribution in [0.4, 0.5) is 22.0 Å². The van der Waals surface area contributed by atoms with Crippen LogP contribution in [0.3, 0.4) is 0 Å². The van der Waals surface area contributed by atoms with Crippen LogP contribution in [0.15, 0.2) is 42.6 Å². The Kier molecular flexibility index (Phi) is 6.19. The van der Waals surface area contributed by atoms with Crippen molar-refractivity contribution in [3.63, 3.8) is 0 Å². The summed E-state index contributed by atoms with van der Waals surface area (Å²) in [5, 5.41) is 2.83. The third kappa shape index (κ3) is 5.38. The van der Waals surface area contributed by atoms with Crippen LogP contribution in [0.5, 0.6) is 0 Å². The molecule has 1 aromatic heterocycles. The second-order valence-electron chi connectivity index (χ2n) is 10.1. The number of aromatic nitrogens is 1. The fourth-order valence-electron chi connectivity index (χ4n) is 4.67. The number of carbonyl (C=O) groups is 2. The van der Waals surface area contributed by atoms with E-state index < -0.39 is 5.60 Å². The number of nitrogens with two attached hydrogens (primary N) is 1. The van der Waals surface area contributed by atoms with Crippen molar-refractivity contribution >= 4 is 29.2 Å². The molecular weight excluding hydrogens is 418 g/mol. The summed E-state index contributed by atoms with van der Waals surface area (Å²) in [5.74, 6) is 0.599. The van der Waals surface area contributed by atoms with Gasteiger partial charge >= 0.3 is 6.09 Å². The summed E-state index contributed by atoms with van der Waals surface area (Å²) < 4.78 is 5.59. The molecule has 8 heteroatoms. The standard InChI is InChI=1S/C25H33N5O3/c1-24(2,3)33-23(32)30-13-6-11-25(17-30)12-14-29(16-25)21-10-9-18(15-27-21)22(31)28-20-8-5-4-7-19(20)26/h4-5,7-10,15H,6,11-14,16-17,26H2,1-3H3,(H,28,31)/t25-/m1/s1. The summed E-state index contributed by atoms with van der Waals surface area (Å²) in [6.45, 7) is 8.85. The summed E-state index contributed by atoms with van der Waals surface area (Å²) in [6.07, 6.45) is 4.43. The molecule has 3 N–H and O–H groups in total. The second kappa shape index (κ2) is 8.92. The fourth-order valence-corrected chi connectivity index (χ4v) is 4.67. The normalized spacial score (nSPS) is 20.7. The molecule has 2 saturated heterocycles. The van der Waals surface area contributed by atoms with Crippen molar-refractivity contribution in [2.75, 3.05) is 42.1 Å². The number of nitrogens with one attached hydrogen (secondary N) is 1. The maximum Gasteiger partial charge on any atom is 0.410 e. The third-order valence-electron chi connectivity index (χ3n) is 6.29. The van der Waals surface area contributed by atoms with E-state index in [0.717, 1.165) is 44.7 Å². The molecule has 2 aromatic rings. The molecule has 0 aliphatic carbocycles. The number of para-hydroxylation sites is 2. The molecule has 0 unspecified atom stereocenters. The van der Waals surface area contributed by atoms with Crippen molar-refractivity contribution in [2.45, 2.75) is 45.6 Å². The number of hydrogen-bond donors (Lipinski definition) is 2. The lowest BCUT2D eigenvalue weighted by molar-refractivity contribution is 0.00713. The van der Waals surface area contributed by atoms with E-state index in [1.54, 1.807) is 24.4 Å². The number of piperidine rings is 1. The summed E-state index contributed by atoms with van der Waals surface area (Å²) >= 11 is 0. The maximum absolute atomic E-state index is 12.6. The first-order valence-corrected chi connectivity index (χ1v) is 11.5. The van der Waals surface area contributed by atoms with Crippen molar-refractivity contribution in [3.05, 3.63) is 48.2 Å². The zero-order valence-electron chi connectivity index (χ0n) is 19.6. The molecule has 4 rings (SSSR count). The number of nitrogen functional groups attached to an aromatic ring is 1. The number of nitrogens with zero attached hydrogens (tertiary/aromatic N) is 3. The summed E-state index contributed by atoms with van der Waals surface area (Å²) in [5.41, 5.74) is 7.05. The summed E-state index contributed by atoms with van der Waals surface area (Å²) in [6, 6.07) is 10.8. The molecule has 1 spiro atoms. The molecule has 176 valence electrons. The Labute approximate surface area is 195 Å². The third-order valence-corrected chi connectivity index (χ3v) is 6.29. The molecule has 3 heterocycles. The Morgan fingerprint density at radius 3 is 2.58 bits per heavy atom. The van der Waals surface area contributed by atoms with E-state index >= 15 is 0 Å². The Bertz CT molecular complexity index is 1020. The average Bonchev–Trinajstić information content (AvgIpc) is 3.17. The number of pyridine rings is 1. The highest BCUT2D eigenvalue weighted by Crippen LogP contribution is 2.40. The van der Waals surface area contributed by atoms with E-state index in [1.165, 1.54) is 0 Å². The Morgan fingerprint density at radius 2 is 1.88 bits per heavy atom. The van der Waals surface area contributed by atoms with Crippen LogP contribution < -0.4 is 16.0 Å². The average molecular weight is 452 g/mol. The highest BCUT2D eigenvalue weighted by atomic mass is 16.6. The Morgan fingerprint density at radius 1 is 1.09 bits per heavy atom. The maximum atomic E-state index is 12.6. The van der Waals surface area contributed by atoms with Gasteiger partial charge in [-0.2, -0.15) is 0 Å². The van der Waals surface area contributed by atoms with Gasteiger partial charge in [-0.3, -0.25) is 4.79 Å². The Hall–Kier alpha value is -3.29. The molecule has 0 radical (unpaired) electrons. The molecule has 2 aliphatic heterocycles. The van der Waals surface area contributed by atoms with E-state index in [-0.39, 0.29) is 17.4 Å². The highest BCUT2D eigenvalue weighted by Gasteiger charge is 2.43. The molecule has 2 fully saturated rings. The number of ether oxygens (including phenoxy) is 1. The van der Waals surface area contributed by atoms with Crippen LogP contribution in [-0.2, 0) is 4.74 Å². The molecule has 0 bridgehead atoms. The SMILES string of the molecule is CC(C)(C)OC(=O)N1CCC[C@]2(CCN(c3ccc(C(=O)Nc4ccccc4N)cn3)C2)C1. The smallest absolute Gasteiger partial charge is 0.410 e. The summed E-state index contributed by atoms with van der Waals surface area (Å²) in [7, 11) is 0. The lowest BCUT2D eigenvalue weighted by Gasteiger charge is -2.40. The van der Waals surface area contributed by atoms with Gasteiger partial charge in [0.2, 0.25) is 0 Å². The number of likely N-dealkylation sites (tertiary alicyclic amines) is 1. The number of hydrogen-bond acceptors (Lipinski definition) is 6. The Balaban J connectivity index is 1.38. The quantitative estimate of drug-likeness (QED) is 0.680. The topological polar surface area (TPSA) is 101 Å². The minimum absolute atomic E-state index is 0.0533. The number of rotatable bonds is 3. The molecule has 1 atom stereocenters. The molecule has 8 nitrogen and oxygen atoms in total. The number of amides is 2. The van der Waals surface area contributed by atoms with Gasteiger partial charge in [0.05, 0.1) is 16.9 Å². The van der Waals surface area contributed by atoms with Crippen molar-refractivity contribution in [2.24, 2.45) is 5.41 Å². The molecular formula is C25H33N5O3. The van der Waals surface area contributed by atoms with Gasteiger partial charge in [-0.25, -0.2) is 9.78 Å². The summed E-state index contributed by atoms with van der Waals surface area (Å²) in [4.78, 5) is 33.8.